The number of phosphoric ester groups is 1. The summed E-state index contributed by atoms with van der Waals surface area (Å²) in [5.41, 5.74) is 2.18. The minimum absolute atomic E-state index is 0.0363. The summed E-state index contributed by atoms with van der Waals surface area (Å²) < 4.78 is 95.9. The Labute approximate surface area is 838 Å². The first-order valence-electron chi connectivity index (χ1n) is 56.8. The molecule has 138 heavy (non-hydrogen) atoms. The van der Waals surface area contributed by atoms with E-state index in [0.29, 0.717) is 68.5 Å². The molecule has 2 amide bonds. The van der Waals surface area contributed by atoms with E-state index in [4.69, 9.17) is 55.9 Å². The maximum Gasteiger partial charge on any atom is 0.475 e. The highest BCUT2D eigenvalue weighted by atomic mass is 31.2. The van der Waals surface area contributed by atoms with Gasteiger partial charge in [-0.05, 0) is 93.6 Å². The molecule has 0 bridgehead atoms. The molecule has 796 valence electrons. The van der Waals surface area contributed by atoms with Crippen LogP contribution in [0.15, 0.2) is 54.6 Å². The van der Waals surface area contributed by atoms with E-state index in [1.165, 1.54) is 135 Å². The van der Waals surface area contributed by atoms with Crippen molar-refractivity contribution in [3.05, 3.63) is 71.3 Å². The fourth-order valence-corrected chi connectivity index (χ4v) is 22.5. The monoisotopic (exact) mass is 1980 g/mol. The van der Waals surface area contributed by atoms with E-state index >= 15 is 14.2 Å². The zero-order chi connectivity index (χ0) is 99.6. The van der Waals surface area contributed by atoms with Crippen LogP contribution in [0.3, 0.4) is 0 Å². The summed E-state index contributed by atoms with van der Waals surface area (Å²) in [5, 5.41) is 31.8. The number of amides is 2. The van der Waals surface area contributed by atoms with Gasteiger partial charge in [0.1, 0.15) is 60.9 Å². The smallest absolute Gasteiger partial charge is 0.462 e. The summed E-state index contributed by atoms with van der Waals surface area (Å²) >= 11 is 0. The van der Waals surface area contributed by atoms with Crippen molar-refractivity contribution in [3.8, 4) is 0 Å². The Bertz CT molecular complexity index is 3400. The first-order chi connectivity index (χ1) is 67.2. The lowest BCUT2D eigenvalue weighted by molar-refractivity contribution is -0.297. The molecule has 0 radical (unpaired) electrons. The quantitative estimate of drug-likeness (QED) is 0.0157. The van der Waals surface area contributed by atoms with Crippen molar-refractivity contribution in [2.75, 3.05) is 13.2 Å². The minimum atomic E-state index is -4.78. The second-order valence-corrected chi connectivity index (χ2v) is 47.0. The number of rotatable bonds is 88. The summed E-state index contributed by atoms with van der Waals surface area (Å²) in [4.78, 5) is 88.9. The number of hydrogen-bond donors (Lipinski definition) is 4. The van der Waals surface area contributed by atoms with Crippen molar-refractivity contribution in [3.63, 3.8) is 0 Å². The van der Waals surface area contributed by atoms with E-state index < -0.39 is 138 Å². The first kappa shape index (κ1) is 124. The van der Waals surface area contributed by atoms with Crippen molar-refractivity contribution >= 4 is 51.8 Å². The topological polar surface area (TPSA) is 295 Å². The first-order valence-corrected chi connectivity index (χ1v) is 61.3. The molecule has 5 rings (SSSR count). The number of unbranched alkanes of at least 4 members (excludes halogenated alkanes) is 51. The molecule has 2 aromatic rings. The number of carbonyl (C=O) groups is 6. The van der Waals surface area contributed by atoms with Gasteiger partial charge in [0.2, 0.25) is 11.8 Å². The van der Waals surface area contributed by atoms with E-state index in [2.05, 4.69) is 72.2 Å². The number of aliphatic hydroxyl groups excluding tert-OH is 2. The van der Waals surface area contributed by atoms with Crippen molar-refractivity contribution in [1.82, 2.24) is 10.6 Å². The van der Waals surface area contributed by atoms with Gasteiger partial charge in [-0.15, -0.1) is 0 Å². The Morgan fingerprint density at radius 2 is 0.710 bits per heavy atom. The normalized spacial score (nSPS) is 20.0. The lowest BCUT2D eigenvalue weighted by atomic mass is 9.95. The second-order valence-electron chi connectivity index (χ2n) is 41.1. The second kappa shape index (κ2) is 79.6. The van der Waals surface area contributed by atoms with E-state index in [1.807, 2.05) is 54.6 Å². The van der Waals surface area contributed by atoms with Gasteiger partial charge in [-0.2, -0.15) is 0 Å². The zero-order valence-electron chi connectivity index (χ0n) is 88.4. The van der Waals surface area contributed by atoms with E-state index in [-0.39, 0.29) is 64.5 Å². The van der Waals surface area contributed by atoms with Gasteiger partial charge in [0.15, 0.2) is 27.0 Å². The number of phosphoric acid groups is 1. The van der Waals surface area contributed by atoms with Crippen LogP contribution in [0.5, 0.6) is 0 Å². The highest BCUT2D eigenvalue weighted by molar-refractivity contribution is 7.48. The number of benzene rings is 2. The molecule has 25 heteroatoms. The highest BCUT2D eigenvalue weighted by Crippen LogP contribution is 2.55. The molecule has 0 aromatic heterocycles. The Balaban J connectivity index is 1.64. The van der Waals surface area contributed by atoms with Crippen LogP contribution >= 0.6 is 7.82 Å². The number of carbonyl (C=O) groups excluding carboxylic acids is 6. The van der Waals surface area contributed by atoms with Gasteiger partial charge >= 0.3 is 31.7 Å². The largest absolute Gasteiger partial charge is 0.475 e. The Morgan fingerprint density at radius 3 is 1.09 bits per heavy atom. The van der Waals surface area contributed by atoms with Crippen LogP contribution in [0.2, 0.25) is 19.1 Å². The van der Waals surface area contributed by atoms with Gasteiger partial charge in [0, 0.05) is 19.3 Å². The minimum Gasteiger partial charge on any atom is -0.462 e. The standard InChI is InChI=1S/C113H199N2O21PSi/c1-10-17-24-31-37-43-49-55-64-77-95(129-102(118)80-67-58-52-46-40-34-27-20-13-4)84-100(116)114-106-109(123)108(122)98(132-113(106)136-138(8,9)83-72-30-23-16-7)91-126-112-107(115-101(117)85-96(78-65-56-50-44-38-32-25-18-11-2)130-103(119)81-68-59-53-47-41-35-28-21-14-5)111(110(99(133-112)90-125-87-92-73-62-61-63-74-92)135-137(124)127-88-93-75-70-71-76-94(93)89-128-137)134-105(121)86-97(79-66-57-51-45-39-33-26-19-12-3)131-104(120)82-69-60-54-48-42-36-29-22-15-6/h61-63,70-71,73-76,95-99,106-113,122-123H,10-60,64-69,72,77-91H2,1-9H3,(H,114,116)(H,115,117)/t95-,96-,97-,98-,99-,106-,107-,108-,109-,110-,111-,112-,113+/m1/s1. The number of nitrogens with one attached hydrogen (secondary N) is 2. The zero-order valence-corrected chi connectivity index (χ0v) is 90.3. The number of esters is 4. The Hall–Kier alpha value is -4.69. The summed E-state index contributed by atoms with van der Waals surface area (Å²) in [6.45, 7) is 18.2. The van der Waals surface area contributed by atoms with E-state index in [0.717, 1.165) is 211 Å². The van der Waals surface area contributed by atoms with Gasteiger partial charge in [0.05, 0.1) is 52.3 Å². The highest BCUT2D eigenvalue weighted by Gasteiger charge is 2.55. The summed E-state index contributed by atoms with van der Waals surface area (Å²) in [7, 11) is -7.58. The third kappa shape index (κ3) is 57.9. The molecule has 2 aromatic carbocycles. The van der Waals surface area contributed by atoms with Crippen LogP contribution in [0.4, 0.5) is 0 Å². The molecule has 2 fully saturated rings. The molecule has 3 aliphatic heterocycles. The van der Waals surface area contributed by atoms with E-state index in [1.54, 1.807) is 0 Å². The van der Waals surface area contributed by atoms with Gasteiger partial charge in [-0.1, -0.05) is 437 Å². The molecule has 2 saturated heterocycles. The number of ether oxygens (including phenoxy) is 8. The Morgan fingerprint density at radius 1 is 0.377 bits per heavy atom. The van der Waals surface area contributed by atoms with Crippen LogP contribution in [-0.4, -0.2) is 147 Å². The molecule has 13 atom stereocenters. The predicted molar refractivity (Wildman–Crippen MR) is 556 cm³/mol. The van der Waals surface area contributed by atoms with Crippen molar-refractivity contribution < 1.29 is 99.4 Å². The summed E-state index contributed by atoms with van der Waals surface area (Å²) in [6, 6.07) is 14.5. The predicted octanol–water partition coefficient (Wildman–Crippen LogP) is 28.7. The molecule has 0 unspecified atom stereocenters. The van der Waals surface area contributed by atoms with Gasteiger partial charge in [0.25, 0.3) is 0 Å². The molecule has 3 aliphatic rings. The van der Waals surface area contributed by atoms with Crippen LogP contribution < -0.4 is 10.6 Å². The van der Waals surface area contributed by atoms with Gasteiger partial charge in [-0.25, -0.2) is 4.57 Å². The third-order valence-corrected chi connectivity index (χ3v) is 31.6. The molecule has 23 nitrogen and oxygen atoms in total. The van der Waals surface area contributed by atoms with Crippen molar-refractivity contribution in [1.29, 1.82) is 0 Å². The fourth-order valence-electron chi connectivity index (χ4n) is 19.1. The average molecular weight is 1980 g/mol. The SMILES string of the molecule is CCCCCCCCCCCC(=O)O[C@H](CCCCCCCCCCC)CC(=O)N[C@H]1[C@H](O[Si](C)(C)CCCCCC)O[C@H](CO[C@@H]2O[C@H](COCc3ccccc3)[C@@H](OP3(=O)OCc4ccccc4CO3)[C@H](OC(=O)C[C@@H](CCCCCCCCCCC)OC(=O)CCCCCCCCCCC)[C@H]2NC(=O)C[C@@H](CCCCCCCCCCC)OC(=O)CCCCCCCCCCC)[C@@H](O)[C@@H]1O. The number of fused-ring (bicyclic) bond motifs is 1. The molecule has 0 aliphatic carbocycles. The number of hydrogen-bond acceptors (Lipinski definition) is 21. The lowest BCUT2D eigenvalue weighted by Crippen LogP contribution is -2.68. The van der Waals surface area contributed by atoms with Crippen molar-refractivity contribution in [2.24, 2.45) is 0 Å². The summed E-state index contributed by atoms with van der Waals surface area (Å²) in [5.74, 6) is -3.24. The molecule has 0 saturated carbocycles. The molecular formula is C113H199N2O21PSi. The average Bonchev–Trinajstić information content (AvgIpc) is 0.940. The maximum absolute atomic E-state index is 15.9. The number of aliphatic hydroxyl groups is 2. The molecule has 4 N–H and O–H groups in total. The lowest BCUT2D eigenvalue weighted by Gasteiger charge is -2.47. The molecule has 0 spiro atoms. The van der Waals surface area contributed by atoms with Gasteiger partial charge < -0.3 is 63.2 Å². The maximum atomic E-state index is 15.9. The van der Waals surface area contributed by atoms with Crippen LogP contribution in [-0.2, 0) is 109 Å². The third-order valence-electron chi connectivity index (χ3n) is 27.7. The Kier molecular flexibility index (Phi) is 71.4. The molecule has 3 heterocycles. The summed E-state index contributed by atoms with van der Waals surface area (Å²) in [6.07, 6.45) is 46.5. The van der Waals surface area contributed by atoms with E-state index in [9.17, 15) is 29.4 Å². The fraction of sp³-hybridized carbons (Fsp3) is 0.841. The van der Waals surface area contributed by atoms with Crippen LogP contribution in [0, 0.1) is 0 Å². The van der Waals surface area contributed by atoms with Crippen molar-refractivity contribution in [2.45, 2.75) is 597 Å². The van der Waals surface area contributed by atoms with Crippen LogP contribution in [0.25, 0.3) is 0 Å². The van der Waals surface area contributed by atoms with Crippen LogP contribution in [0.1, 0.15) is 495 Å². The molecular weight excluding hydrogens is 1780 g/mol. The van der Waals surface area contributed by atoms with Gasteiger partial charge in [-0.3, -0.25) is 42.3 Å².